The van der Waals surface area contributed by atoms with Crippen LogP contribution in [0.2, 0.25) is 0 Å². The molecular formula is C19H20F2N4O3. The molecule has 2 N–H and O–H groups in total. The second-order valence-electron chi connectivity index (χ2n) is 6.01. The normalized spacial score (nSPS) is 11.2. The molecule has 9 heteroatoms. The van der Waals surface area contributed by atoms with Gasteiger partial charge in [-0.2, -0.15) is 0 Å². The topological polar surface area (TPSA) is 88.8 Å². The molecule has 3 aromatic heterocycles. The van der Waals surface area contributed by atoms with Gasteiger partial charge in [0.15, 0.2) is 0 Å². The van der Waals surface area contributed by atoms with Crippen molar-refractivity contribution in [3.8, 4) is 5.75 Å². The van der Waals surface area contributed by atoms with Crippen molar-refractivity contribution >= 4 is 17.2 Å². The summed E-state index contributed by atoms with van der Waals surface area (Å²) < 4.78 is 33.0. The Morgan fingerprint density at radius 3 is 2.86 bits per heavy atom. The fraction of sp³-hybridized carbons (Fsp3) is 0.316. The average Bonchev–Trinajstić information content (AvgIpc) is 3.08. The third-order valence-electron chi connectivity index (χ3n) is 3.97. The quantitative estimate of drug-likeness (QED) is 0.616. The van der Waals surface area contributed by atoms with Crippen molar-refractivity contribution in [1.29, 1.82) is 0 Å². The molecule has 0 bridgehead atoms. The van der Waals surface area contributed by atoms with Crippen LogP contribution in [-0.2, 0) is 6.42 Å². The molecule has 1 amide bonds. The molecule has 3 aromatic rings. The number of fused-ring (bicyclic) bond motifs is 1. The summed E-state index contributed by atoms with van der Waals surface area (Å²) in [5, 5.41) is 11.6. The molecular weight excluding hydrogens is 370 g/mol. The van der Waals surface area contributed by atoms with Gasteiger partial charge in [-0.05, 0) is 31.9 Å². The first-order chi connectivity index (χ1) is 13.5. The number of hydrogen-bond donors (Lipinski definition) is 2. The van der Waals surface area contributed by atoms with Crippen LogP contribution >= 0.6 is 0 Å². The van der Waals surface area contributed by atoms with E-state index in [1.54, 1.807) is 22.9 Å². The van der Waals surface area contributed by atoms with E-state index >= 15 is 0 Å². The van der Waals surface area contributed by atoms with Gasteiger partial charge in [0, 0.05) is 25.1 Å². The first kappa shape index (κ1) is 19.7. The van der Waals surface area contributed by atoms with Gasteiger partial charge in [-0.3, -0.25) is 4.79 Å². The Hall–Kier alpha value is -3.07. The molecule has 0 spiro atoms. The number of aliphatic hydroxyl groups is 1. The third-order valence-corrected chi connectivity index (χ3v) is 3.97. The van der Waals surface area contributed by atoms with Gasteiger partial charge in [0.05, 0.1) is 12.3 Å². The lowest BCUT2D eigenvalue weighted by Gasteiger charge is -2.12. The van der Waals surface area contributed by atoms with Gasteiger partial charge in [0.1, 0.15) is 28.5 Å². The zero-order chi connectivity index (χ0) is 20.1. The molecule has 148 valence electrons. The highest BCUT2D eigenvalue weighted by Crippen LogP contribution is 2.27. The van der Waals surface area contributed by atoms with Crippen molar-refractivity contribution < 1.29 is 23.4 Å². The van der Waals surface area contributed by atoms with Crippen LogP contribution in [0, 0.1) is 0 Å². The molecule has 7 nitrogen and oxygen atoms in total. The van der Waals surface area contributed by atoms with E-state index in [1.165, 1.54) is 18.2 Å². The highest BCUT2D eigenvalue weighted by Gasteiger charge is 2.16. The van der Waals surface area contributed by atoms with Crippen LogP contribution in [0.3, 0.4) is 0 Å². The van der Waals surface area contributed by atoms with Gasteiger partial charge >= 0.3 is 0 Å². The number of imidazole rings is 1. The van der Waals surface area contributed by atoms with Crippen LogP contribution in [-0.4, -0.2) is 38.6 Å². The summed E-state index contributed by atoms with van der Waals surface area (Å²) >= 11 is 0. The number of aliphatic hydroxyl groups excluding tert-OH is 1. The second kappa shape index (κ2) is 8.75. The minimum absolute atomic E-state index is 0.0735. The minimum Gasteiger partial charge on any atom is -0.491 e. The number of pyridine rings is 2. The van der Waals surface area contributed by atoms with Crippen molar-refractivity contribution in [2.24, 2.45) is 0 Å². The van der Waals surface area contributed by atoms with Crippen molar-refractivity contribution in [2.75, 3.05) is 18.5 Å². The van der Waals surface area contributed by atoms with Crippen LogP contribution in [0.25, 0.3) is 5.65 Å². The van der Waals surface area contributed by atoms with Crippen LogP contribution in [0.15, 0.2) is 36.7 Å². The summed E-state index contributed by atoms with van der Waals surface area (Å²) in [5.74, 6) is -0.212. The van der Waals surface area contributed by atoms with Gasteiger partial charge < -0.3 is 19.6 Å². The number of carbonyl (C=O) groups is 1. The number of hydrogen-bond acceptors (Lipinski definition) is 5. The van der Waals surface area contributed by atoms with Crippen molar-refractivity contribution in [3.05, 3.63) is 53.7 Å². The lowest BCUT2D eigenvalue weighted by molar-refractivity contribution is 0.101. The highest BCUT2D eigenvalue weighted by atomic mass is 19.3. The molecule has 3 heterocycles. The summed E-state index contributed by atoms with van der Waals surface area (Å²) in [6.45, 7) is 2.25. The number of aryl methyl sites for hydroxylation is 1. The average molecular weight is 390 g/mol. The molecule has 0 radical (unpaired) electrons. The zero-order valence-electron chi connectivity index (χ0n) is 15.2. The van der Waals surface area contributed by atoms with E-state index in [9.17, 15) is 13.6 Å². The number of aromatic nitrogens is 3. The molecule has 0 aliphatic carbocycles. The molecule has 0 aliphatic heterocycles. The summed E-state index contributed by atoms with van der Waals surface area (Å²) in [5.41, 5.74) is 1.22. The molecule has 0 saturated heterocycles. The van der Waals surface area contributed by atoms with E-state index in [-0.39, 0.29) is 12.3 Å². The van der Waals surface area contributed by atoms with Gasteiger partial charge in [0.25, 0.3) is 12.3 Å². The lowest BCUT2D eigenvalue weighted by atomic mass is 10.2. The lowest BCUT2D eigenvalue weighted by Crippen LogP contribution is -2.16. The van der Waals surface area contributed by atoms with E-state index in [4.69, 9.17) is 9.84 Å². The first-order valence-corrected chi connectivity index (χ1v) is 8.83. The molecule has 0 aromatic carbocycles. The Morgan fingerprint density at radius 2 is 2.14 bits per heavy atom. The summed E-state index contributed by atoms with van der Waals surface area (Å²) in [4.78, 5) is 20.7. The van der Waals surface area contributed by atoms with Crippen molar-refractivity contribution in [1.82, 2.24) is 14.4 Å². The van der Waals surface area contributed by atoms with Crippen LogP contribution in [0.5, 0.6) is 5.75 Å². The van der Waals surface area contributed by atoms with Crippen LogP contribution < -0.4 is 10.1 Å². The van der Waals surface area contributed by atoms with Gasteiger partial charge in [-0.1, -0.05) is 6.07 Å². The number of halogens is 2. The summed E-state index contributed by atoms with van der Waals surface area (Å²) in [6.07, 6.45) is 1.90. The van der Waals surface area contributed by atoms with E-state index in [0.29, 0.717) is 36.5 Å². The number of carbonyl (C=O) groups excluding carboxylic acids is 1. The predicted octanol–water partition coefficient (Wildman–Crippen LogP) is 3.24. The molecule has 0 unspecified atom stereocenters. The number of alkyl halides is 2. The second-order valence-corrected chi connectivity index (χ2v) is 6.01. The molecule has 3 rings (SSSR count). The van der Waals surface area contributed by atoms with E-state index < -0.39 is 18.0 Å². The van der Waals surface area contributed by atoms with E-state index in [0.717, 1.165) is 5.69 Å². The van der Waals surface area contributed by atoms with Crippen molar-refractivity contribution in [3.63, 3.8) is 0 Å². The Kier molecular flexibility index (Phi) is 6.15. The van der Waals surface area contributed by atoms with Crippen molar-refractivity contribution in [2.45, 2.75) is 26.2 Å². The number of nitrogens with one attached hydrogen (secondary N) is 1. The first-order valence-electron chi connectivity index (χ1n) is 8.83. The predicted molar refractivity (Wildman–Crippen MR) is 98.9 cm³/mol. The molecule has 0 aliphatic rings. The maximum atomic E-state index is 12.8. The number of amides is 1. The number of anilines is 1. The van der Waals surface area contributed by atoms with E-state index in [2.05, 4.69) is 15.3 Å². The number of ether oxygens (including phenoxy) is 1. The zero-order valence-corrected chi connectivity index (χ0v) is 15.2. The smallest absolute Gasteiger partial charge is 0.280 e. The van der Waals surface area contributed by atoms with Gasteiger partial charge in [-0.15, -0.1) is 0 Å². The summed E-state index contributed by atoms with van der Waals surface area (Å²) in [7, 11) is 0. The monoisotopic (exact) mass is 390 g/mol. The van der Waals surface area contributed by atoms with Gasteiger partial charge in [0.2, 0.25) is 0 Å². The fourth-order valence-electron chi connectivity index (χ4n) is 2.70. The Labute approximate surface area is 160 Å². The standard InChI is InChI=1S/C19H20F2N4O3/c1-2-28-16-9-17-22-12(5-4-8-26)10-25(17)11-15(16)24-19(27)14-7-3-6-13(23-14)18(20)21/h3,6-7,9-11,18,26H,2,4-5,8H2,1H3,(H,24,27). The highest BCUT2D eigenvalue weighted by molar-refractivity contribution is 6.03. The Morgan fingerprint density at radius 1 is 1.32 bits per heavy atom. The Bertz CT molecular complexity index is 975. The number of rotatable bonds is 8. The minimum atomic E-state index is -2.76. The maximum absolute atomic E-state index is 12.8. The molecule has 0 atom stereocenters. The maximum Gasteiger partial charge on any atom is 0.280 e. The molecule has 0 fully saturated rings. The third kappa shape index (κ3) is 4.42. The summed E-state index contributed by atoms with van der Waals surface area (Å²) in [6, 6.07) is 5.58. The Balaban J connectivity index is 1.90. The number of nitrogens with zero attached hydrogens (tertiary/aromatic N) is 3. The SMILES string of the molecule is CCOc1cc2nc(CCCO)cn2cc1NC(=O)c1cccc(C(F)F)n1. The van der Waals surface area contributed by atoms with E-state index in [1.807, 2.05) is 6.92 Å². The molecule has 28 heavy (non-hydrogen) atoms. The van der Waals surface area contributed by atoms with Crippen LogP contribution in [0.4, 0.5) is 14.5 Å². The fourth-order valence-corrected chi connectivity index (χ4v) is 2.70. The van der Waals surface area contributed by atoms with Gasteiger partial charge in [-0.25, -0.2) is 18.7 Å². The molecule has 0 saturated carbocycles. The van der Waals surface area contributed by atoms with Crippen LogP contribution in [0.1, 0.15) is 41.6 Å². The largest absolute Gasteiger partial charge is 0.491 e.